The minimum atomic E-state index is -3.62. The minimum Gasteiger partial charge on any atom is -0.461 e. The largest absolute Gasteiger partial charge is 0.461 e. The van der Waals surface area contributed by atoms with E-state index >= 15 is 0 Å². The SMILES string of the molecule is CC(C)c1ccc(S(=O)(=O)NCCC(=O)OCc2ccccc2)cc1. The zero-order valence-electron chi connectivity index (χ0n) is 14.4. The van der Waals surface area contributed by atoms with Crippen molar-refractivity contribution in [3.63, 3.8) is 0 Å². The highest BCUT2D eigenvalue weighted by molar-refractivity contribution is 7.89. The molecule has 6 heteroatoms. The predicted molar refractivity (Wildman–Crippen MR) is 96.6 cm³/mol. The van der Waals surface area contributed by atoms with E-state index in [1.165, 1.54) is 0 Å². The maximum absolute atomic E-state index is 12.2. The van der Waals surface area contributed by atoms with Gasteiger partial charge >= 0.3 is 5.97 Å². The van der Waals surface area contributed by atoms with Gasteiger partial charge in [-0.1, -0.05) is 56.3 Å². The van der Waals surface area contributed by atoms with Crippen LogP contribution in [-0.4, -0.2) is 20.9 Å². The number of carbonyl (C=O) groups is 1. The van der Waals surface area contributed by atoms with Crippen LogP contribution in [0.1, 0.15) is 37.3 Å². The molecule has 0 saturated carbocycles. The quantitative estimate of drug-likeness (QED) is 0.733. The number of hydrogen-bond donors (Lipinski definition) is 1. The minimum absolute atomic E-state index is 0.00187. The molecule has 0 aliphatic rings. The molecule has 2 aromatic rings. The van der Waals surface area contributed by atoms with Crippen LogP contribution >= 0.6 is 0 Å². The van der Waals surface area contributed by atoms with Gasteiger partial charge in [0, 0.05) is 6.54 Å². The van der Waals surface area contributed by atoms with Gasteiger partial charge in [0.15, 0.2) is 0 Å². The first-order valence-electron chi connectivity index (χ1n) is 8.17. The summed E-state index contributed by atoms with van der Waals surface area (Å²) in [5, 5.41) is 0. The van der Waals surface area contributed by atoms with E-state index in [9.17, 15) is 13.2 Å². The van der Waals surface area contributed by atoms with Gasteiger partial charge < -0.3 is 4.74 Å². The first kappa shape index (κ1) is 19.1. The number of nitrogens with one attached hydrogen (secondary N) is 1. The lowest BCUT2D eigenvalue weighted by Crippen LogP contribution is -2.26. The topological polar surface area (TPSA) is 72.5 Å². The number of sulfonamides is 1. The molecule has 0 spiro atoms. The molecular weight excluding hydrogens is 338 g/mol. The fourth-order valence-corrected chi connectivity index (χ4v) is 3.24. The molecule has 1 N–H and O–H groups in total. The van der Waals surface area contributed by atoms with Gasteiger partial charge in [-0.15, -0.1) is 0 Å². The van der Waals surface area contributed by atoms with Gasteiger partial charge in [-0.25, -0.2) is 13.1 Å². The molecule has 2 aromatic carbocycles. The molecular formula is C19H23NO4S. The second-order valence-electron chi connectivity index (χ2n) is 6.02. The number of esters is 1. The summed E-state index contributed by atoms with van der Waals surface area (Å²) in [6.07, 6.45) is -0.0177. The first-order chi connectivity index (χ1) is 11.9. The van der Waals surface area contributed by atoms with E-state index in [0.717, 1.165) is 11.1 Å². The Morgan fingerprint density at radius 2 is 1.68 bits per heavy atom. The van der Waals surface area contributed by atoms with Crippen molar-refractivity contribution in [3.8, 4) is 0 Å². The second-order valence-corrected chi connectivity index (χ2v) is 7.78. The van der Waals surface area contributed by atoms with Gasteiger partial charge in [0.2, 0.25) is 10.0 Å². The smallest absolute Gasteiger partial charge is 0.307 e. The van der Waals surface area contributed by atoms with Crippen LogP contribution in [0, 0.1) is 0 Å². The van der Waals surface area contributed by atoms with Crippen LogP contribution < -0.4 is 4.72 Å². The number of ether oxygens (including phenoxy) is 1. The summed E-state index contributed by atoms with van der Waals surface area (Å²) < 4.78 is 32.0. The molecule has 0 aliphatic carbocycles. The van der Waals surface area contributed by atoms with Crippen molar-refractivity contribution in [2.75, 3.05) is 6.54 Å². The maximum atomic E-state index is 12.2. The van der Waals surface area contributed by atoms with Crippen LogP contribution in [0.3, 0.4) is 0 Å². The third kappa shape index (κ3) is 5.99. The van der Waals surface area contributed by atoms with Crippen molar-refractivity contribution in [3.05, 3.63) is 65.7 Å². The summed E-state index contributed by atoms with van der Waals surface area (Å²) in [5.41, 5.74) is 1.96. The molecule has 25 heavy (non-hydrogen) atoms. The monoisotopic (exact) mass is 361 g/mol. The molecule has 2 rings (SSSR count). The lowest BCUT2D eigenvalue weighted by atomic mass is 10.0. The molecule has 0 fully saturated rings. The fraction of sp³-hybridized carbons (Fsp3) is 0.316. The summed E-state index contributed by atoms with van der Waals surface area (Å²) >= 11 is 0. The lowest BCUT2D eigenvalue weighted by molar-refractivity contribution is -0.144. The molecule has 0 aromatic heterocycles. The van der Waals surface area contributed by atoms with Crippen LogP contribution in [0.5, 0.6) is 0 Å². The number of rotatable bonds is 8. The number of benzene rings is 2. The Labute approximate surface area is 149 Å². The summed E-state index contributed by atoms with van der Waals surface area (Å²) in [6, 6.07) is 16.1. The van der Waals surface area contributed by atoms with Crippen LogP contribution in [0.25, 0.3) is 0 Å². The Morgan fingerprint density at radius 3 is 2.28 bits per heavy atom. The molecule has 0 radical (unpaired) electrons. The van der Waals surface area contributed by atoms with Crippen molar-refractivity contribution < 1.29 is 17.9 Å². The standard InChI is InChI=1S/C19H23NO4S/c1-15(2)17-8-10-18(11-9-17)25(22,23)20-13-12-19(21)24-14-16-6-4-3-5-7-16/h3-11,15,20H,12-14H2,1-2H3. The highest BCUT2D eigenvalue weighted by atomic mass is 32.2. The molecule has 0 saturated heterocycles. The van der Waals surface area contributed by atoms with Gasteiger partial charge in [-0.2, -0.15) is 0 Å². The van der Waals surface area contributed by atoms with Gasteiger partial charge in [0.05, 0.1) is 11.3 Å². The Bertz CT molecular complexity index is 784. The van der Waals surface area contributed by atoms with E-state index in [-0.39, 0.29) is 24.5 Å². The predicted octanol–water partition coefficient (Wildman–Crippen LogP) is 3.22. The van der Waals surface area contributed by atoms with Crippen LogP contribution in [0.4, 0.5) is 0 Å². The van der Waals surface area contributed by atoms with Crippen molar-refractivity contribution in [1.82, 2.24) is 4.72 Å². The Morgan fingerprint density at radius 1 is 1.04 bits per heavy atom. The third-order valence-corrected chi connectivity index (χ3v) is 5.20. The first-order valence-corrected chi connectivity index (χ1v) is 9.66. The van der Waals surface area contributed by atoms with Crippen molar-refractivity contribution in [2.24, 2.45) is 0 Å². The van der Waals surface area contributed by atoms with Crippen molar-refractivity contribution in [2.45, 2.75) is 37.7 Å². The third-order valence-electron chi connectivity index (χ3n) is 3.72. The van der Waals surface area contributed by atoms with E-state index in [4.69, 9.17) is 4.74 Å². The average Bonchev–Trinajstić information content (AvgIpc) is 2.61. The van der Waals surface area contributed by atoms with Gasteiger partial charge in [0.25, 0.3) is 0 Å². The summed E-state index contributed by atoms with van der Waals surface area (Å²) in [6.45, 7) is 4.27. The van der Waals surface area contributed by atoms with E-state index in [1.54, 1.807) is 24.3 Å². The number of hydrogen-bond acceptors (Lipinski definition) is 4. The Hall–Kier alpha value is -2.18. The lowest BCUT2D eigenvalue weighted by Gasteiger charge is -2.09. The number of carbonyl (C=O) groups excluding carboxylic acids is 1. The normalized spacial score (nSPS) is 11.5. The summed E-state index contributed by atoms with van der Waals surface area (Å²) in [5.74, 6) is -0.106. The summed E-state index contributed by atoms with van der Waals surface area (Å²) in [4.78, 5) is 11.9. The van der Waals surface area contributed by atoms with Crippen LogP contribution in [0.15, 0.2) is 59.5 Å². The molecule has 0 heterocycles. The van der Waals surface area contributed by atoms with Gasteiger partial charge in [-0.05, 0) is 29.2 Å². The van der Waals surface area contributed by atoms with Crippen LogP contribution in [0.2, 0.25) is 0 Å². The fourth-order valence-electron chi connectivity index (χ4n) is 2.21. The zero-order chi connectivity index (χ0) is 18.3. The van der Waals surface area contributed by atoms with E-state index < -0.39 is 16.0 Å². The van der Waals surface area contributed by atoms with E-state index in [2.05, 4.69) is 4.72 Å². The van der Waals surface area contributed by atoms with E-state index in [0.29, 0.717) is 5.92 Å². The van der Waals surface area contributed by atoms with Crippen molar-refractivity contribution >= 4 is 16.0 Å². The zero-order valence-corrected chi connectivity index (χ0v) is 15.3. The molecule has 134 valence electrons. The van der Waals surface area contributed by atoms with Crippen molar-refractivity contribution in [1.29, 1.82) is 0 Å². The molecule has 0 atom stereocenters. The maximum Gasteiger partial charge on any atom is 0.307 e. The highest BCUT2D eigenvalue weighted by Gasteiger charge is 2.14. The second kappa shape index (κ2) is 8.78. The van der Waals surface area contributed by atoms with Gasteiger partial charge in [-0.3, -0.25) is 4.79 Å². The Balaban J connectivity index is 1.80. The highest BCUT2D eigenvalue weighted by Crippen LogP contribution is 2.17. The molecule has 0 amide bonds. The molecule has 0 unspecified atom stereocenters. The van der Waals surface area contributed by atoms with Gasteiger partial charge in [0.1, 0.15) is 6.61 Å². The van der Waals surface area contributed by atoms with Crippen LogP contribution in [-0.2, 0) is 26.2 Å². The molecule has 0 aliphatic heterocycles. The Kier molecular flexibility index (Phi) is 6.73. The van der Waals surface area contributed by atoms with E-state index in [1.807, 2.05) is 44.2 Å². The average molecular weight is 361 g/mol. The molecule has 0 bridgehead atoms. The summed E-state index contributed by atoms with van der Waals surface area (Å²) in [7, 11) is -3.62. The molecule has 5 nitrogen and oxygen atoms in total.